The third-order valence-corrected chi connectivity index (χ3v) is 2.23. The third kappa shape index (κ3) is 2.69. The maximum Gasteiger partial charge on any atom is 0.168 e. The number of rotatable bonds is 3. The molecular weight excluding hydrogens is 226 g/mol. The van der Waals surface area contributed by atoms with E-state index in [0.717, 1.165) is 12.1 Å². The summed E-state index contributed by atoms with van der Waals surface area (Å²) in [4.78, 5) is 19.3. The zero-order valence-electron chi connectivity index (χ0n) is 8.73. The zero-order valence-corrected chi connectivity index (χ0v) is 8.73. The van der Waals surface area contributed by atoms with Crippen LogP contribution < -0.4 is 0 Å². The predicted octanol–water partition coefficient (Wildman–Crippen LogP) is 2.18. The van der Waals surface area contributed by atoms with Gasteiger partial charge >= 0.3 is 0 Å². The number of hydrogen-bond acceptors (Lipinski definition) is 3. The van der Waals surface area contributed by atoms with Gasteiger partial charge in [0, 0.05) is 11.8 Å². The number of carbonyl (C=O) groups is 1. The van der Waals surface area contributed by atoms with E-state index in [0.29, 0.717) is 5.69 Å². The Labute approximate surface area is 96.2 Å². The maximum atomic E-state index is 12.9. The van der Waals surface area contributed by atoms with Gasteiger partial charge in [-0.05, 0) is 24.3 Å². The van der Waals surface area contributed by atoms with E-state index in [1.165, 1.54) is 18.6 Å². The third-order valence-electron chi connectivity index (χ3n) is 2.23. The molecule has 5 heteroatoms. The monoisotopic (exact) mass is 234 g/mol. The summed E-state index contributed by atoms with van der Waals surface area (Å²) in [5, 5.41) is 0. The van der Waals surface area contributed by atoms with Crippen molar-refractivity contribution in [2.45, 2.75) is 6.42 Å². The molecule has 1 aromatic carbocycles. The second kappa shape index (κ2) is 4.78. The fraction of sp³-hybridized carbons (Fsp3) is 0.0833. The lowest BCUT2D eigenvalue weighted by atomic mass is 10.1. The molecular formula is C12H8F2N2O. The Balaban J connectivity index is 2.18. The van der Waals surface area contributed by atoms with Crippen LogP contribution >= 0.6 is 0 Å². The number of benzene rings is 1. The number of carbonyl (C=O) groups excluding carboxylic acids is 1. The van der Waals surface area contributed by atoms with Crippen molar-refractivity contribution in [1.82, 2.24) is 9.97 Å². The summed E-state index contributed by atoms with van der Waals surface area (Å²) in [5.74, 6) is -2.32. The number of ketones is 1. The van der Waals surface area contributed by atoms with Gasteiger partial charge in [-0.2, -0.15) is 0 Å². The van der Waals surface area contributed by atoms with Crippen LogP contribution in [0.3, 0.4) is 0 Å². The van der Waals surface area contributed by atoms with E-state index in [2.05, 4.69) is 9.97 Å². The SMILES string of the molecule is O=C(Cc1ccncn1)c1ccc(F)c(F)c1. The van der Waals surface area contributed by atoms with Gasteiger partial charge in [0.05, 0.1) is 12.1 Å². The smallest absolute Gasteiger partial charge is 0.168 e. The highest BCUT2D eigenvalue weighted by Gasteiger charge is 2.10. The molecule has 3 nitrogen and oxygen atoms in total. The van der Waals surface area contributed by atoms with Crippen LogP contribution in [-0.4, -0.2) is 15.8 Å². The second-order valence-corrected chi connectivity index (χ2v) is 3.43. The molecule has 1 aromatic heterocycles. The molecule has 17 heavy (non-hydrogen) atoms. The van der Waals surface area contributed by atoms with Crippen LogP contribution in [0, 0.1) is 11.6 Å². The molecule has 0 aliphatic rings. The minimum atomic E-state index is -1.03. The quantitative estimate of drug-likeness (QED) is 0.764. The van der Waals surface area contributed by atoms with Crippen LogP contribution in [0.25, 0.3) is 0 Å². The lowest BCUT2D eigenvalue weighted by molar-refractivity contribution is 0.0991. The van der Waals surface area contributed by atoms with Gasteiger partial charge in [0.25, 0.3) is 0 Å². The average Bonchev–Trinajstić information content (AvgIpc) is 2.34. The van der Waals surface area contributed by atoms with Gasteiger partial charge in [-0.3, -0.25) is 4.79 Å². The molecule has 0 saturated carbocycles. The Hall–Kier alpha value is -2.17. The van der Waals surface area contributed by atoms with Crippen LogP contribution in [0.15, 0.2) is 36.8 Å². The van der Waals surface area contributed by atoms with E-state index in [1.54, 1.807) is 6.07 Å². The van der Waals surface area contributed by atoms with Crippen molar-refractivity contribution in [2.24, 2.45) is 0 Å². The van der Waals surface area contributed by atoms with Crippen LogP contribution in [0.5, 0.6) is 0 Å². The van der Waals surface area contributed by atoms with E-state index < -0.39 is 11.6 Å². The molecule has 0 saturated heterocycles. The highest BCUT2D eigenvalue weighted by Crippen LogP contribution is 2.11. The van der Waals surface area contributed by atoms with Crippen LogP contribution in [-0.2, 0) is 6.42 Å². The minimum Gasteiger partial charge on any atom is -0.294 e. The van der Waals surface area contributed by atoms with Crippen molar-refractivity contribution in [3.63, 3.8) is 0 Å². The number of Topliss-reactive ketones (excluding diaryl/α,β-unsaturated/α-hetero) is 1. The van der Waals surface area contributed by atoms with E-state index in [-0.39, 0.29) is 17.8 Å². The largest absolute Gasteiger partial charge is 0.294 e. The summed E-state index contributed by atoms with van der Waals surface area (Å²) in [6.07, 6.45) is 2.88. The maximum absolute atomic E-state index is 12.9. The molecule has 2 aromatic rings. The molecule has 2 rings (SSSR count). The van der Waals surface area contributed by atoms with Crippen LogP contribution in [0.2, 0.25) is 0 Å². The van der Waals surface area contributed by atoms with Crippen LogP contribution in [0.1, 0.15) is 16.1 Å². The van der Waals surface area contributed by atoms with E-state index in [4.69, 9.17) is 0 Å². The summed E-state index contributed by atoms with van der Waals surface area (Å²) in [6, 6.07) is 4.67. The Morgan fingerprint density at radius 1 is 1.18 bits per heavy atom. The Morgan fingerprint density at radius 2 is 2.00 bits per heavy atom. The van der Waals surface area contributed by atoms with Crippen LogP contribution in [0.4, 0.5) is 8.78 Å². The lowest BCUT2D eigenvalue weighted by Gasteiger charge is -2.01. The summed E-state index contributed by atoms with van der Waals surface area (Å²) >= 11 is 0. The molecule has 0 N–H and O–H groups in total. The fourth-order valence-electron chi connectivity index (χ4n) is 1.36. The number of halogens is 2. The zero-order chi connectivity index (χ0) is 12.3. The summed E-state index contributed by atoms with van der Waals surface area (Å²) in [5.41, 5.74) is 0.664. The molecule has 1 heterocycles. The standard InChI is InChI=1S/C12H8F2N2O/c13-10-2-1-8(5-11(10)14)12(17)6-9-3-4-15-7-16-9/h1-5,7H,6H2. The summed E-state index contributed by atoms with van der Waals surface area (Å²) in [7, 11) is 0. The first-order chi connectivity index (χ1) is 8.16. The van der Waals surface area contributed by atoms with Crippen molar-refractivity contribution >= 4 is 5.78 Å². The van der Waals surface area contributed by atoms with Gasteiger partial charge in [0.1, 0.15) is 6.33 Å². The van der Waals surface area contributed by atoms with Crippen molar-refractivity contribution < 1.29 is 13.6 Å². The summed E-state index contributed by atoms with van der Waals surface area (Å²) < 4.78 is 25.6. The van der Waals surface area contributed by atoms with Crippen molar-refractivity contribution in [1.29, 1.82) is 0 Å². The van der Waals surface area contributed by atoms with Crippen molar-refractivity contribution in [3.05, 3.63) is 59.7 Å². The van der Waals surface area contributed by atoms with Gasteiger partial charge in [0.15, 0.2) is 17.4 Å². The number of nitrogens with zero attached hydrogens (tertiary/aromatic N) is 2. The van der Waals surface area contributed by atoms with E-state index in [9.17, 15) is 13.6 Å². The van der Waals surface area contributed by atoms with Gasteiger partial charge < -0.3 is 0 Å². The Morgan fingerprint density at radius 3 is 2.65 bits per heavy atom. The predicted molar refractivity (Wildman–Crippen MR) is 56.4 cm³/mol. The number of hydrogen-bond donors (Lipinski definition) is 0. The molecule has 0 aliphatic carbocycles. The molecule has 0 aliphatic heterocycles. The number of aromatic nitrogens is 2. The van der Waals surface area contributed by atoms with Crippen molar-refractivity contribution in [2.75, 3.05) is 0 Å². The first-order valence-electron chi connectivity index (χ1n) is 4.90. The Kier molecular flexibility index (Phi) is 3.18. The van der Waals surface area contributed by atoms with E-state index in [1.807, 2.05) is 0 Å². The molecule has 0 spiro atoms. The second-order valence-electron chi connectivity index (χ2n) is 3.43. The fourth-order valence-corrected chi connectivity index (χ4v) is 1.36. The van der Waals surface area contributed by atoms with Crippen molar-refractivity contribution in [3.8, 4) is 0 Å². The molecule has 0 atom stereocenters. The summed E-state index contributed by atoms with van der Waals surface area (Å²) in [6.45, 7) is 0. The molecule has 0 amide bonds. The molecule has 0 radical (unpaired) electrons. The normalized spacial score (nSPS) is 10.2. The highest BCUT2D eigenvalue weighted by molar-refractivity contribution is 5.97. The molecule has 0 bridgehead atoms. The first-order valence-corrected chi connectivity index (χ1v) is 4.90. The highest BCUT2D eigenvalue weighted by atomic mass is 19.2. The van der Waals surface area contributed by atoms with Gasteiger partial charge in [-0.15, -0.1) is 0 Å². The topological polar surface area (TPSA) is 42.9 Å². The van der Waals surface area contributed by atoms with Gasteiger partial charge in [-0.1, -0.05) is 0 Å². The molecule has 0 unspecified atom stereocenters. The minimum absolute atomic E-state index is 0.0353. The average molecular weight is 234 g/mol. The molecule has 0 fully saturated rings. The molecule has 86 valence electrons. The Bertz CT molecular complexity index is 543. The van der Waals surface area contributed by atoms with Gasteiger partial charge in [0.2, 0.25) is 0 Å². The first kappa shape index (κ1) is 11.3. The lowest BCUT2D eigenvalue weighted by Crippen LogP contribution is -2.06. The van der Waals surface area contributed by atoms with E-state index >= 15 is 0 Å². The van der Waals surface area contributed by atoms with Gasteiger partial charge in [-0.25, -0.2) is 18.7 Å².